The molecule has 184 valence electrons. The van der Waals surface area contributed by atoms with Crippen LogP contribution < -0.4 is 5.56 Å². The molecular formula is C24H21F3N8O. The molecule has 5 heterocycles. The number of nitriles is 1. The molecule has 0 saturated heterocycles. The number of aryl methyl sites for hydroxylation is 2. The van der Waals surface area contributed by atoms with Gasteiger partial charge in [-0.05, 0) is 50.3 Å². The highest BCUT2D eigenvalue weighted by atomic mass is 19.4. The minimum atomic E-state index is -4.55. The van der Waals surface area contributed by atoms with Crippen molar-refractivity contribution in [3.05, 3.63) is 68.9 Å². The van der Waals surface area contributed by atoms with Crippen LogP contribution in [0.25, 0.3) is 11.0 Å². The summed E-state index contributed by atoms with van der Waals surface area (Å²) in [5, 5.41) is 18.7. The van der Waals surface area contributed by atoms with Crippen molar-refractivity contribution in [2.75, 3.05) is 0 Å². The zero-order chi connectivity index (χ0) is 25.2. The largest absolute Gasteiger partial charge is 0.433 e. The highest BCUT2D eigenvalue weighted by Crippen LogP contribution is 2.48. The van der Waals surface area contributed by atoms with Crippen molar-refractivity contribution < 1.29 is 13.2 Å². The zero-order valence-corrected chi connectivity index (χ0v) is 19.2. The first-order chi connectivity index (χ1) is 17.2. The van der Waals surface area contributed by atoms with Crippen molar-refractivity contribution in [2.24, 2.45) is 0 Å². The lowest BCUT2D eigenvalue weighted by atomic mass is 9.71. The van der Waals surface area contributed by atoms with Crippen molar-refractivity contribution in [1.82, 2.24) is 34.5 Å². The van der Waals surface area contributed by atoms with Gasteiger partial charge in [0, 0.05) is 30.3 Å². The minimum absolute atomic E-state index is 0.0327. The topological polar surface area (TPSA) is 118 Å². The lowest BCUT2D eigenvalue weighted by Gasteiger charge is -2.34. The normalized spacial score (nSPS) is 20.2. The van der Waals surface area contributed by atoms with Crippen molar-refractivity contribution in [3.63, 3.8) is 0 Å². The number of hydrogen-bond donors (Lipinski definition) is 1. The second-order valence-electron chi connectivity index (χ2n) is 9.38. The van der Waals surface area contributed by atoms with E-state index < -0.39 is 23.5 Å². The van der Waals surface area contributed by atoms with Gasteiger partial charge in [0.1, 0.15) is 23.0 Å². The molecule has 0 aromatic carbocycles. The maximum atomic E-state index is 13.1. The molecule has 1 saturated carbocycles. The lowest BCUT2D eigenvalue weighted by molar-refractivity contribution is -0.141. The van der Waals surface area contributed by atoms with E-state index in [9.17, 15) is 23.2 Å². The van der Waals surface area contributed by atoms with Crippen LogP contribution in [0.4, 0.5) is 13.2 Å². The molecule has 1 N–H and O–H groups in total. The Balaban J connectivity index is 1.39. The monoisotopic (exact) mass is 494 g/mol. The number of nitrogens with zero attached hydrogens (tertiary/aromatic N) is 7. The van der Waals surface area contributed by atoms with Gasteiger partial charge in [-0.25, -0.2) is 9.67 Å². The van der Waals surface area contributed by atoms with Gasteiger partial charge in [-0.1, -0.05) is 6.07 Å². The highest BCUT2D eigenvalue weighted by molar-refractivity contribution is 5.80. The molecule has 2 aliphatic rings. The zero-order valence-electron chi connectivity index (χ0n) is 19.2. The Morgan fingerprint density at radius 1 is 1.22 bits per heavy atom. The molecular weight excluding hydrogens is 473 g/mol. The Hall–Kier alpha value is -4.01. The third-order valence-corrected chi connectivity index (χ3v) is 7.30. The molecule has 6 rings (SSSR count). The van der Waals surface area contributed by atoms with Crippen LogP contribution in [0.15, 0.2) is 29.2 Å². The summed E-state index contributed by atoms with van der Waals surface area (Å²) in [7, 11) is 0. The van der Waals surface area contributed by atoms with Crippen LogP contribution in [0.1, 0.15) is 78.2 Å². The van der Waals surface area contributed by atoms with Crippen LogP contribution in [-0.2, 0) is 19.1 Å². The van der Waals surface area contributed by atoms with E-state index in [-0.39, 0.29) is 28.6 Å². The average molecular weight is 494 g/mol. The SMILES string of the molecule is C[C@@H](c1ccc(C(F)(F)F)nc1)n1nc(C#N)c2c(=O)[nH]c(C3CCC3c3cc4n(n3)CCC4)nc21. The number of hydrogen-bond acceptors (Lipinski definition) is 6. The van der Waals surface area contributed by atoms with E-state index in [1.807, 2.05) is 10.8 Å². The summed E-state index contributed by atoms with van der Waals surface area (Å²) in [6.07, 6.45) is 0.448. The predicted molar refractivity (Wildman–Crippen MR) is 121 cm³/mol. The molecule has 36 heavy (non-hydrogen) atoms. The summed E-state index contributed by atoms with van der Waals surface area (Å²) in [5.74, 6) is 0.599. The maximum absolute atomic E-state index is 13.1. The van der Waals surface area contributed by atoms with Gasteiger partial charge in [0.05, 0.1) is 11.7 Å². The molecule has 1 aliphatic carbocycles. The summed E-state index contributed by atoms with van der Waals surface area (Å²) in [6.45, 7) is 2.62. The number of H-pyrrole nitrogens is 1. The van der Waals surface area contributed by atoms with Crippen molar-refractivity contribution in [1.29, 1.82) is 5.26 Å². The van der Waals surface area contributed by atoms with Gasteiger partial charge in [0.2, 0.25) is 0 Å². The number of nitrogens with one attached hydrogen (secondary N) is 1. The number of halogens is 3. The smallest absolute Gasteiger partial charge is 0.310 e. The number of rotatable bonds is 4. The van der Waals surface area contributed by atoms with Crippen LogP contribution in [0.5, 0.6) is 0 Å². The Morgan fingerprint density at radius 2 is 2.03 bits per heavy atom. The van der Waals surface area contributed by atoms with Crippen LogP contribution in [-0.4, -0.2) is 34.5 Å². The molecule has 0 bridgehead atoms. The Kier molecular flexibility index (Phi) is 5.00. The van der Waals surface area contributed by atoms with E-state index in [4.69, 9.17) is 10.1 Å². The van der Waals surface area contributed by atoms with Gasteiger partial charge in [-0.3, -0.25) is 14.5 Å². The third-order valence-electron chi connectivity index (χ3n) is 7.30. The molecule has 4 aromatic heterocycles. The van der Waals surface area contributed by atoms with Crippen LogP contribution >= 0.6 is 0 Å². The van der Waals surface area contributed by atoms with Gasteiger partial charge in [-0.15, -0.1) is 0 Å². The van der Waals surface area contributed by atoms with E-state index in [0.29, 0.717) is 11.4 Å². The fourth-order valence-corrected chi connectivity index (χ4v) is 5.19. The molecule has 1 aliphatic heterocycles. The van der Waals surface area contributed by atoms with E-state index in [0.717, 1.165) is 50.2 Å². The molecule has 12 heteroatoms. The van der Waals surface area contributed by atoms with Crippen molar-refractivity contribution >= 4 is 11.0 Å². The second kappa shape index (κ2) is 8.01. The molecule has 0 spiro atoms. The van der Waals surface area contributed by atoms with Gasteiger partial charge in [0.25, 0.3) is 5.56 Å². The standard InChI is InChI=1S/C24H21F3N8O/c1-12(13-4-7-19(29-11-13)24(25,26)27)35-22-20(18(10-28)33-35)23(36)31-21(30-22)16-6-5-15(16)17-9-14-3-2-8-34(14)32-17/h4,7,9,11-12,15-16H,2-3,5-6,8H2,1H3,(H,30,31,36)/t12-,15?,16?/m0/s1. The predicted octanol–water partition coefficient (Wildman–Crippen LogP) is 3.82. The number of alkyl halides is 3. The third kappa shape index (κ3) is 3.49. The van der Waals surface area contributed by atoms with Crippen molar-refractivity contribution in [2.45, 2.75) is 63.2 Å². The number of aromatic nitrogens is 7. The van der Waals surface area contributed by atoms with Crippen LogP contribution in [0.3, 0.4) is 0 Å². The molecule has 1 fully saturated rings. The summed E-state index contributed by atoms with van der Waals surface area (Å²) in [5.41, 5.74) is 1.33. The summed E-state index contributed by atoms with van der Waals surface area (Å²) < 4.78 is 42.3. The molecule has 9 nitrogen and oxygen atoms in total. The summed E-state index contributed by atoms with van der Waals surface area (Å²) in [6, 6.07) is 5.67. The molecule has 3 atom stereocenters. The van der Waals surface area contributed by atoms with Crippen LogP contribution in [0.2, 0.25) is 0 Å². The van der Waals surface area contributed by atoms with E-state index in [1.54, 1.807) is 6.92 Å². The van der Waals surface area contributed by atoms with Crippen molar-refractivity contribution in [3.8, 4) is 6.07 Å². The van der Waals surface area contributed by atoms with Gasteiger partial charge in [0.15, 0.2) is 11.3 Å². The number of pyridine rings is 1. The van der Waals surface area contributed by atoms with Gasteiger partial charge in [-0.2, -0.15) is 28.6 Å². The first-order valence-corrected chi connectivity index (χ1v) is 11.8. The van der Waals surface area contributed by atoms with E-state index in [1.165, 1.54) is 16.4 Å². The summed E-state index contributed by atoms with van der Waals surface area (Å²) in [4.78, 5) is 24.2. The van der Waals surface area contributed by atoms with Crippen LogP contribution in [0, 0.1) is 11.3 Å². The number of aromatic amines is 1. The Morgan fingerprint density at radius 3 is 2.67 bits per heavy atom. The Labute approximate surface area is 202 Å². The van der Waals surface area contributed by atoms with Gasteiger partial charge < -0.3 is 4.98 Å². The Bertz CT molecular complexity index is 1550. The lowest BCUT2D eigenvalue weighted by Crippen LogP contribution is -2.27. The minimum Gasteiger partial charge on any atom is -0.310 e. The van der Waals surface area contributed by atoms with Gasteiger partial charge >= 0.3 is 6.18 Å². The molecule has 2 unspecified atom stereocenters. The highest BCUT2D eigenvalue weighted by Gasteiger charge is 2.38. The molecule has 0 radical (unpaired) electrons. The van der Waals surface area contributed by atoms with E-state index in [2.05, 4.69) is 21.1 Å². The molecule has 0 amide bonds. The van der Waals surface area contributed by atoms with E-state index >= 15 is 0 Å². The first kappa shape index (κ1) is 22.5. The summed E-state index contributed by atoms with van der Waals surface area (Å²) >= 11 is 0. The fourth-order valence-electron chi connectivity index (χ4n) is 5.19. The quantitative estimate of drug-likeness (QED) is 0.461. The first-order valence-electron chi connectivity index (χ1n) is 11.8. The second-order valence-corrected chi connectivity index (χ2v) is 9.38. The maximum Gasteiger partial charge on any atom is 0.433 e. The average Bonchev–Trinajstić information content (AvgIpc) is 3.51. The number of fused-ring (bicyclic) bond motifs is 2. The molecule has 4 aromatic rings. The fraction of sp³-hybridized carbons (Fsp3) is 0.417.